The Balaban J connectivity index is 2.31. The molecule has 2 aromatic carbocycles. The number of hydrogen-bond donors (Lipinski definition) is 0. The summed E-state index contributed by atoms with van der Waals surface area (Å²) in [5, 5.41) is -0.206. The van der Waals surface area contributed by atoms with Gasteiger partial charge in [-0.2, -0.15) is 0 Å². The third-order valence-electron chi connectivity index (χ3n) is 3.06. The zero-order valence-corrected chi connectivity index (χ0v) is 12.2. The summed E-state index contributed by atoms with van der Waals surface area (Å²) in [4.78, 5) is 0. The van der Waals surface area contributed by atoms with E-state index in [0.29, 0.717) is 10.6 Å². The van der Waals surface area contributed by atoms with Crippen molar-refractivity contribution in [1.82, 2.24) is 0 Å². The van der Waals surface area contributed by atoms with E-state index in [0.717, 1.165) is 18.4 Å². The normalized spacial score (nSPS) is 12.4. The average Bonchev–Trinajstić information content (AvgIpc) is 2.39. The molecule has 0 spiro atoms. The highest BCUT2D eigenvalue weighted by Gasteiger charge is 2.18. The van der Waals surface area contributed by atoms with Gasteiger partial charge in [0.2, 0.25) is 0 Å². The lowest BCUT2D eigenvalue weighted by atomic mass is 10.0. The molecular weight excluding hydrogens is 282 g/mol. The minimum atomic E-state index is -0.565. The van der Waals surface area contributed by atoms with Crippen LogP contribution in [0.25, 0.3) is 0 Å². The van der Waals surface area contributed by atoms with E-state index in [1.165, 1.54) is 11.6 Å². The summed E-state index contributed by atoms with van der Waals surface area (Å²) in [6, 6.07) is 12.5. The fourth-order valence-electron chi connectivity index (χ4n) is 2.06. The number of alkyl halides is 1. The standard InChI is InChI=1S/C16H15Cl2F/c1-2-4-11-7-9-12(10-8-11)16(18)15-13(17)5-3-6-14(15)19/h3,5-10,16H,2,4H2,1H3. The number of rotatable bonds is 4. The Morgan fingerprint density at radius 2 is 1.79 bits per heavy atom. The maximum Gasteiger partial charge on any atom is 0.129 e. The quantitative estimate of drug-likeness (QED) is 0.629. The molecule has 0 N–H and O–H groups in total. The van der Waals surface area contributed by atoms with Gasteiger partial charge in [-0.3, -0.25) is 0 Å². The van der Waals surface area contributed by atoms with E-state index in [9.17, 15) is 4.39 Å². The SMILES string of the molecule is CCCc1ccc(C(Cl)c2c(F)cccc2Cl)cc1. The first kappa shape index (κ1) is 14.4. The van der Waals surface area contributed by atoms with Gasteiger partial charge in [-0.15, -0.1) is 11.6 Å². The third kappa shape index (κ3) is 3.29. The zero-order valence-electron chi connectivity index (χ0n) is 10.7. The average molecular weight is 297 g/mol. The molecule has 0 saturated carbocycles. The Hall–Kier alpha value is -1.05. The van der Waals surface area contributed by atoms with Crippen LogP contribution in [-0.4, -0.2) is 0 Å². The van der Waals surface area contributed by atoms with Crippen molar-refractivity contribution < 1.29 is 4.39 Å². The van der Waals surface area contributed by atoms with Crippen LogP contribution in [-0.2, 0) is 6.42 Å². The van der Waals surface area contributed by atoms with Crippen LogP contribution in [0.1, 0.15) is 35.4 Å². The fraction of sp³-hybridized carbons (Fsp3) is 0.250. The first-order chi connectivity index (χ1) is 9.13. The van der Waals surface area contributed by atoms with Crippen molar-refractivity contribution in [3.8, 4) is 0 Å². The van der Waals surface area contributed by atoms with Crippen molar-refractivity contribution >= 4 is 23.2 Å². The maximum absolute atomic E-state index is 13.8. The van der Waals surface area contributed by atoms with E-state index in [1.807, 2.05) is 24.3 Å². The summed E-state index contributed by atoms with van der Waals surface area (Å²) in [6.45, 7) is 2.14. The van der Waals surface area contributed by atoms with Crippen molar-refractivity contribution in [3.63, 3.8) is 0 Å². The molecule has 2 rings (SSSR count). The Morgan fingerprint density at radius 1 is 1.11 bits per heavy atom. The van der Waals surface area contributed by atoms with Crippen molar-refractivity contribution in [1.29, 1.82) is 0 Å². The van der Waals surface area contributed by atoms with Crippen LogP contribution < -0.4 is 0 Å². The number of benzene rings is 2. The van der Waals surface area contributed by atoms with Crippen molar-refractivity contribution in [2.75, 3.05) is 0 Å². The highest BCUT2D eigenvalue weighted by atomic mass is 35.5. The molecule has 1 unspecified atom stereocenters. The largest absolute Gasteiger partial charge is 0.207 e. The minimum Gasteiger partial charge on any atom is -0.207 e. The molecule has 3 heteroatoms. The molecule has 19 heavy (non-hydrogen) atoms. The second-order valence-corrected chi connectivity index (χ2v) is 5.33. The first-order valence-corrected chi connectivity index (χ1v) is 7.11. The number of hydrogen-bond acceptors (Lipinski definition) is 0. The van der Waals surface area contributed by atoms with Crippen LogP contribution in [0.5, 0.6) is 0 Å². The van der Waals surface area contributed by atoms with Gasteiger partial charge in [-0.05, 0) is 29.7 Å². The first-order valence-electron chi connectivity index (χ1n) is 6.30. The molecule has 1 atom stereocenters. The topological polar surface area (TPSA) is 0 Å². The van der Waals surface area contributed by atoms with Crippen LogP contribution in [0.4, 0.5) is 4.39 Å². The summed E-state index contributed by atoms with van der Waals surface area (Å²) in [5.74, 6) is -0.370. The van der Waals surface area contributed by atoms with E-state index >= 15 is 0 Å². The van der Waals surface area contributed by atoms with Crippen molar-refractivity contribution in [2.24, 2.45) is 0 Å². The Kier molecular flexibility index (Phi) is 4.84. The molecule has 0 saturated heterocycles. The van der Waals surface area contributed by atoms with E-state index < -0.39 is 5.38 Å². The van der Waals surface area contributed by atoms with E-state index in [4.69, 9.17) is 23.2 Å². The van der Waals surface area contributed by atoms with Gasteiger partial charge >= 0.3 is 0 Å². The number of aryl methyl sites for hydroxylation is 1. The molecule has 0 aliphatic heterocycles. The van der Waals surface area contributed by atoms with Gasteiger partial charge in [0, 0.05) is 10.6 Å². The molecule has 0 aliphatic carbocycles. The van der Waals surface area contributed by atoms with Gasteiger partial charge in [0.15, 0.2) is 0 Å². The molecule has 100 valence electrons. The molecule has 0 aliphatic rings. The predicted molar refractivity (Wildman–Crippen MR) is 79.5 cm³/mol. The summed E-state index contributed by atoms with van der Waals surface area (Å²) in [5.41, 5.74) is 2.46. The summed E-state index contributed by atoms with van der Waals surface area (Å²) < 4.78 is 13.8. The Bertz CT molecular complexity index is 529. The van der Waals surface area contributed by atoms with Gasteiger partial charge in [0.05, 0.1) is 5.38 Å². The van der Waals surface area contributed by atoms with E-state index in [2.05, 4.69) is 6.92 Å². The molecule has 2 aromatic rings. The fourth-order valence-corrected chi connectivity index (χ4v) is 2.76. The molecule has 0 aromatic heterocycles. The monoisotopic (exact) mass is 296 g/mol. The summed E-state index contributed by atoms with van der Waals surface area (Å²) in [6.07, 6.45) is 2.14. The molecule has 0 amide bonds. The molecule has 0 nitrogen and oxygen atoms in total. The third-order valence-corrected chi connectivity index (χ3v) is 3.86. The molecular formula is C16H15Cl2F. The van der Waals surface area contributed by atoms with Gasteiger partial charge in [0.1, 0.15) is 5.82 Å². The van der Waals surface area contributed by atoms with Crippen LogP contribution in [0.2, 0.25) is 5.02 Å². The molecule has 0 fully saturated rings. The van der Waals surface area contributed by atoms with Gasteiger partial charge in [-0.1, -0.05) is 55.3 Å². The Labute approximate surface area is 123 Å². The smallest absolute Gasteiger partial charge is 0.129 e. The van der Waals surface area contributed by atoms with Crippen molar-refractivity contribution in [2.45, 2.75) is 25.1 Å². The maximum atomic E-state index is 13.8. The highest BCUT2D eigenvalue weighted by Crippen LogP contribution is 2.35. The summed E-state index contributed by atoms with van der Waals surface area (Å²) in [7, 11) is 0. The lowest BCUT2D eigenvalue weighted by molar-refractivity contribution is 0.612. The van der Waals surface area contributed by atoms with E-state index in [-0.39, 0.29) is 5.82 Å². The van der Waals surface area contributed by atoms with Crippen molar-refractivity contribution in [3.05, 3.63) is 70.0 Å². The second-order valence-electron chi connectivity index (χ2n) is 4.49. The summed E-state index contributed by atoms with van der Waals surface area (Å²) >= 11 is 12.4. The van der Waals surface area contributed by atoms with Gasteiger partial charge in [0.25, 0.3) is 0 Å². The molecule has 0 heterocycles. The van der Waals surface area contributed by atoms with Crippen LogP contribution in [0.3, 0.4) is 0 Å². The minimum absolute atomic E-state index is 0.342. The van der Waals surface area contributed by atoms with Gasteiger partial charge < -0.3 is 0 Å². The lowest BCUT2D eigenvalue weighted by Gasteiger charge is -2.13. The highest BCUT2D eigenvalue weighted by molar-refractivity contribution is 6.33. The predicted octanol–water partition coefficient (Wildman–Crippen LogP) is 5.76. The van der Waals surface area contributed by atoms with E-state index in [1.54, 1.807) is 12.1 Å². The zero-order chi connectivity index (χ0) is 13.8. The molecule has 0 radical (unpaired) electrons. The van der Waals surface area contributed by atoms with Crippen LogP contribution >= 0.6 is 23.2 Å². The van der Waals surface area contributed by atoms with Crippen LogP contribution in [0, 0.1) is 5.82 Å². The van der Waals surface area contributed by atoms with Crippen LogP contribution in [0.15, 0.2) is 42.5 Å². The lowest BCUT2D eigenvalue weighted by Crippen LogP contribution is -1.98. The second kappa shape index (κ2) is 6.40. The molecule has 0 bridgehead atoms. The number of halogens is 3. The Morgan fingerprint density at radius 3 is 2.37 bits per heavy atom. The van der Waals surface area contributed by atoms with Gasteiger partial charge in [-0.25, -0.2) is 4.39 Å².